The van der Waals surface area contributed by atoms with E-state index >= 15 is 0 Å². The zero-order chi connectivity index (χ0) is 14.4. The number of oxazole rings is 1. The average Bonchev–Trinajstić information content (AvgIpc) is 2.66. The normalized spacial score (nSPS) is 10.6. The van der Waals surface area contributed by atoms with E-state index in [4.69, 9.17) is 13.9 Å². The minimum Gasteiger partial charge on any atom is -0.465 e. The number of hydrogen-bond donors (Lipinski definition) is 0. The molecule has 0 spiro atoms. The molecule has 0 aliphatic heterocycles. The van der Waals surface area contributed by atoms with Crippen molar-refractivity contribution >= 4 is 23.7 Å². The lowest BCUT2D eigenvalue weighted by Crippen LogP contribution is -2.30. The van der Waals surface area contributed by atoms with Gasteiger partial charge in [-0.05, 0) is 39.5 Å². The molecular formula is C12H17NO5S. The molecule has 0 radical (unpaired) electrons. The van der Waals surface area contributed by atoms with Crippen molar-refractivity contribution in [2.45, 2.75) is 38.2 Å². The minimum absolute atomic E-state index is 0.193. The molecular weight excluding hydrogens is 270 g/mol. The van der Waals surface area contributed by atoms with Crippen LogP contribution < -0.4 is 0 Å². The molecule has 0 bridgehead atoms. The second kappa shape index (κ2) is 7.18. The number of carbonyl (C=O) groups is 2. The Kier molecular flexibility index (Phi) is 5.88. The molecule has 0 fully saturated rings. The third-order valence-electron chi connectivity index (χ3n) is 2.23. The fraction of sp³-hybridized carbons (Fsp3) is 0.583. The first-order valence-corrected chi connectivity index (χ1v) is 6.81. The Bertz CT molecular complexity index is 419. The summed E-state index contributed by atoms with van der Waals surface area (Å²) in [5, 5.41) is -0.863. The summed E-state index contributed by atoms with van der Waals surface area (Å²) in [5.74, 6) is -0.659. The van der Waals surface area contributed by atoms with Gasteiger partial charge >= 0.3 is 11.9 Å². The lowest BCUT2D eigenvalue weighted by molar-refractivity contribution is -0.152. The summed E-state index contributed by atoms with van der Waals surface area (Å²) in [6.45, 7) is 7.27. The first kappa shape index (κ1) is 15.6. The van der Waals surface area contributed by atoms with Gasteiger partial charge in [0.25, 0.3) is 5.22 Å². The highest BCUT2D eigenvalue weighted by molar-refractivity contribution is 8.01. The van der Waals surface area contributed by atoms with Crippen molar-refractivity contribution in [1.29, 1.82) is 0 Å². The summed E-state index contributed by atoms with van der Waals surface area (Å²) in [7, 11) is 0. The van der Waals surface area contributed by atoms with Crippen molar-refractivity contribution in [3.05, 3.63) is 11.5 Å². The van der Waals surface area contributed by atoms with Gasteiger partial charge in [0, 0.05) is 0 Å². The van der Waals surface area contributed by atoms with Gasteiger partial charge in [-0.3, -0.25) is 9.59 Å². The van der Waals surface area contributed by atoms with Crippen molar-refractivity contribution < 1.29 is 23.5 Å². The molecule has 0 amide bonds. The number of aromatic nitrogens is 1. The van der Waals surface area contributed by atoms with Gasteiger partial charge in [-0.25, -0.2) is 4.98 Å². The lowest BCUT2D eigenvalue weighted by Gasteiger charge is -2.11. The lowest BCUT2D eigenvalue weighted by atomic mass is 10.4. The Morgan fingerprint density at radius 1 is 1.21 bits per heavy atom. The third kappa shape index (κ3) is 4.27. The second-order valence-electron chi connectivity index (χ2n) is 3.62. The Hall–Kier alpha value is -1.50. The smallest absolute Gasteiger partial charge is 0.331 e. The predicted molar refractivity (Wildman–Crippen MR) is 68.9 cm³/mol. The Morgan fingerprint density at radius 3 is 2.11 bits per heavy atom. The molecule has 1 rings (SSSR count). The molecule has 0 aromatic carbocycles. The van der Waals surface area contributed by atoms with Gasteiger partial charge < -0.3 is 13.9 Å². The number of aryl methyl sites for hydroxylation is 2. The zero-order valence-corrected chi connectivity index (χ0v) is 12.2. The van der Waals surface area contributed by atoms with Gasteiger partial charge in [-0.15, -0.1) is 0 Å². The van der Waals surface area contributed by atoms with Gasteiger partial charge in [-0.2, -0.15) is 0 Å². The summed E-state index contributed by atoms with van der Waals surface area (Å²) in [6, 6.07) is 0. The number of esters is 2. The summed E-state index contributed by atoms with van der Waals surface area (Å²) in [6.07, 6.45) is 0. The average molecular weight is 287 g/mol. The number of nitrogens with zero attached hydrogens (tertiary/aromatic N) is 1. The van der Waals surface area contributed by atoms with Gasteiger partial charge in [0.15, 0.2) is 0 Å². The van der Waals surface area contributed by atoms with E-state index in [1.807, 2.05) is 0 Å². The molecule has 1 heterocycles. The van der Waals surface area contributed by atoms with Crippen LogP contribution in [-0.2, 0) is 19.1 Å². The number of carbonyl (C=O) groups excluding carboxylic acids is 2. The Morgan fingerprint density at radius 2 is 1.74 bits per heavy atom. The highest BCUT2D eigenvalue weighted by Crippen LogP contribution is 2.26. The number of ether oxygens (including phenoxy) is 2. The molecule has 1 aromatic heterocycles. The topological polar surface area (TPSA) is 78.6 Å². The van der Waals surface area contributed by atoms with Crippen LogP contribution in [0.4, 0.5) is 0 Å². The summed E-state index contributed by atoms with van der Waals surface area (Å²) < 4.78 is 15.0. The van der Waals surface area contributed by atoms with Gasteiger partial charge in [-0.1, -0.05) is 0 Å². The van der Waals surface area contributed by atoms with Crippen LogP contribution in [0.3, 0.4) is 0 Å². The first-order chi connectivity index (χ1) is 8.99. The summed E-state index contributed by atoms with van der Waals surface area (Å²) in [4.78, 5) is 27.6. The molecule has 6 nitrogen and oxygen atoms in total. The van der Waals surface area contributed by atoms with E-state index in [0.717, 1.165) is 11.8 Å². The summed E-state index contributed by atoms with van der Waals surface area (Å²) >= 11 is 0.893. The van der Waals surface area contributed by atoms with Crippen LogP contribution in [0.25, 0.3) is 0 Å². The van der Waals surface area contributed by atoms with E-state index in [9.17, 15) is 9.59 Å². The largest absolute Gasteiger partial charge is 0.465 e. The fourth-order valence-electron chi connectivity index (χ4n) is 1.22. The zero-order valence-electron chi connectivity index (χ0n) is 11.4. The molecule has 7 heteroatoms. The molecule has 0 atom stereocenters. The van der Waals surface area contributed by atoms with E-state index in [2.05, 4.69) is 4.98 Å². The highest BCUT2D eigenvalue weighted by atomic mass is 32.2. The van der Waals surface area contributed by atoms with Crippen molar-refractivity contribution in [2.75, 3.05) is 13.2 Å². The standard InChI is InChI=1S/C12H17NO5S/c1-5-16-10(14)9(11(15)17-6-2)19-12-13-7(3)8(4)18-12/h9H,5-6H2,1-4H3. The fourth-order valence-corrected chi connectivity index (χ4v) is 2.12. The van der Waals surface area contributed by atoms with Crippen LogP contribution in [-0.4, -0.2) is 35.4 Å². The van der Waals surface area contributed by atoms with Crippen LogP contribution in [0.1, 0.15) is 25.3 Å². The second-order valence-corrected chi connectivity index (χ2v) is 4.68. The maximum absolute atomic E-state index is 11.7. The van der Waals surface area contributed by atoms with E-state index in [0.29, 0.717) is 11.5 Å². The third-order valence-corrected chi connectivity index (χ3v) is 3.23. The molecule has 0 aliphatic rings. The molecule has 106 valence electrons. The van der Waals surface area contributed by atoms with Crippen molar-refractivity contribution in [1.82, 2.24) is 4.98 Å². The van der Waals surface area contributed by atoms with Gasteiger partial charge in [0.1, 0.15) is 5.76 Å². The first-order valence-electron chi connectivity index (χ1n) is 5.93. The molecule has 0 unspecified atom stereocenters. The van der Waals surface area contributed by atoms with Crippen molar-refractivity contribution in [3.8, 4) is 0 Å². The van der Waals surface area contributed by atoms with Gasteiger partial charge in [0.2, 0.25) is 5.25 Å². The maximum Gasteiger partial charge on any atom is 0.331 e. The van der Waals surface area contributed by atoms with E-state index < -0.39 is 17.2 Å². The number of hydrogen-bond acceptors (Lipinski definition) is 7. The molecule has 0 aliphatic carbocycles. The van der Waals surface area contributed by atoms with Crippen LogP contribution in [0, 0.1) is 13.8 Å². The van der Waals surface area contributed by atoms with Crippen LogP contribution in [0.2, 0.25) is 0 Å². The van der Waals surface area contributed by atoms with Crippen LogP contribution >= 0.6 is 11.8 Å². The van der Waals surface area contributed by atoms with Crippen LogP contribution in [0.15, 0.2) is 9.64 Å². The maximum atomic E-state index is 11.7. The van der Waals surface area contributed by atoms with Crippen molar-refractivity contribution in [3.63, 3.8) is 0 Å². The number of rotatable bonds is 6. The molecule has 1 aromatic rings. The summed E-state index contributed by atoms with van der Waals surface area (Å²) in [5.41, 5.74) is 0.717. The molecule has 0 N–H and O–H groups in total. The molecule has 0 saturated heterocycles. The van der Waals surface area contributed by atoms with Crippen LogP contribution in [0.5, 0.6) is 0 Å². The monoisotopic (exact) mass is 287 g/mol. The van der Waals surface area contributed by atoms with E-state index in [1.54, 1.807) is 27.7 Å². The SMILES string of the molecule is CCOC(=O)C(Sc1nc(C)c(C)o1)C(=O)OCC. The molecule has 0 saturated carbocycles. The highest BCUT2D eigenvalue weighted by Gasteiger charge is 2.32. The number of thioether (sulfide) groups is 1. The van der Waals surface area contributed by atoms with E-state index in [-0.39, 0.29) is 18.4 Å². The minimum atomic E-state index is -1.11. The van der Waals surface area contributed by atoms with Gasteiger partial charge in [0.05, 0.1) is 18.9 Å². The Balaban J connectivity index is 2.84. The predicted octanol–water partition coefficient (Wildman–Crippen LogP) is 1.88. The molecule has 19 heavy (non-hydrogen) atoms. The Labute approximate surface area is 115 Å². The quantitative estimate of drug-likeness (QED) is 0.449. The van der Waals surface area contributed by atoms with Crippen molar-refractivity contribution in [2.24, 2.45) is 0 Å². The van der Waals surface area contributed by atoms with E-state index in [1.165, 1.54) is 0 Å².